The molecule has 0 amide bonds. The summed E-state index contributed by atoms with van der Waals surface area (Å²) in [7, 11) is 1.74. The van der Waals surface area contributed by atoms with Crippen LogP contribution in [-0.2, 0) is 4.74 Å². The Balaban J connectivity index is 2.14. The number of nitrogens with zero attached hydrogens (tertiary/aromatic N) is 1. The number of thiazole rings is 1. The van der Waals surface area contributed by atoms with Gasteiger partial charge in [-0.25, -0.2) is 4.98 Å². The van der Waals surface area contributed by atoms with Crippen LogP contribution in [0.4, 0.5) is 5.13 Å². The van der Waals surface area contributed by atoms with Gasteiger partial charge < -0.3 is 10.1 Å². The summed E-state index contributed by atoms with van der Waals surface area (Å²) in [6.07, 6.45) is 2.23. The van der Waals surface area contributed by atoms with E-state index in [0.29, 0.717) is 12.6 Å². The highest BCUT2D eigenvalue weighted by atomic mass is 79.9. The van der Waals surface area contributed by atoms with Crippen molar-refractivity contribution in [2.75, 3.05) is 19.0 Å². The molecule has 0 saturated carbocycles. The van der Waals surface area contributed by atoms with Gasteiger partial charge in [0.25, 0.3) is 0 Å². The highest BCUT2D eigenvalue weighted by Crippen LogP contribution is 2.28. The van der Waals surface area contributed by atoms with Crippen LogP contribution in [0.2, 0.25) is 0 Å². The fraction of sp³-hybridized carbons (Fsp3) is 0.462. The van der Waals surface area contributed by atoms with Crippen molar-refractivity contribution in [3.8, 4) is 0 Å². The molecule has 1 unspecified atom stereocenters. The van der Waals surface area contributed by atoms with Gasteiger partial charge in [0.05, 0.1) is 22.9 Å². The fourth-order valence-corrected chi connectivity index (χ4v) is 3.16. The van der Waals surface area contributed by atoms with Crippen LogP contribution in [0.1, 0.15) is 19.8 Å². The summed E-state index contributed by atoms with van der Waals surface area (Å²) in [5.74, 6) is 0. The molecule has 0 aliphatic heterocycles. The number of hydrogen-bond donors (Lipinski definition) is 1. The molecule has 0 aliphatic carbocycles. The maximum atomic E-state index is 5.23. The molecule has 0 aliphatic rings. The molecular formula is C13H17BrN2OS. The molecule has 0 saturated heterocycles. The van der Waals surface area contributed by atoms with Crippen molar-refractivity contribution in [2.45, 2.75) is 25.8 Å². The Morgan fingerprint density at radius 1 is 1.50 bits per heavy atom. The quantitative estimate of drug-likeness (QED) is 0.859. The SMILES string of the molecule is CCCC(COC)Nc1nc2cc(Br)ccc2s1. The normalized spacial score (nSPS) is 12.8. The number of benzene rings is 1. The molecule has 2 rings (SSSR count). The largest absolute Gasteiger partial charge is 0.383 e. The lowest BCUT2D eigenvalue weighted by Crippen LogP contribution is -2.24. The summed E-state index contributed by atoms with van der Waals surface area (Å²) in [4.78, 5) is 4.60. The predicted octanol–water partition coefficient (Wildman–Crippen LogP) is 4.29. The Labute approximate surface area is 120 Å². The first-order chi connectivity index (χ1) is 8.72. The third kappa shape index (κ3) is 3.43. The molecule has 0 fully saturated rings. The molecule has 1 atom stereocenters. The lowest BCUT2D eigenvalue weighted by molar-refractivity contribution is 0.182. The zero-order valence-corrected chi connectivity index (χ0v) is 13.0. The topological polar surface area (TPSA) is 34.1 Å². The van der Waals surface area contributed by atoms with E-state index in [1.807, 2.05) is 12.1 Å². The van der Waals surface area contributed by atoms with Gasteiger partial charge >= 0.3 is 0 Å². The number of anilines is 1. The molecule has 18 heavy (non-hydrogen) atoms. The molecule has 1 N–H and O–H groups in total. The standard InChI is InChI=1S/C13H17BrN2OS/c1-3-4-10(8-17-2)15-13-16-11-7-9(14)5-6-12(11)18-13/h5-7,10H,3-4,8H2,1-2H3,(H,15,16). The molecule has 1 heterocycles. The van der Waals surface area contributed by atoms with E-state index in [2.05, 4.69) is 39.2 Å². The van der Waals surface area contributed by atoms with Crippen LogP contribution in [-0.4, -0.2) is 24.7 Å². The van der Waals surface area contributed by atoms with Crippen LogP contribution >= 0.6 is 27.3 Å². The monoisotopic (exact) mass is 328 g/mol. The number of halogens is 1. The number of hydrogen-bond acceptors (Lipinski definition) is 4. The van der Waals surface area contributed by atoms with Crippen molar-refractivity contribution in [3.63, 3.8) is 0 Å². The zero-order chi connectivity index (χ0) is 13.0. The highest BCUT2D eigenvalue weighted by Gasteiger charge is 2.10. The third-order valence-electron chi connectivity index (χ3n) is 2.68. The van der Waals surface area contributed by atoms with E-state index >= 15 is 0 Å². The average molecular weight is 329 g/mol. The summed E-state index contributed by atoms with van der Waals surface area (Å²) in [5, 5.41) is 4.43. The number of fused-ring (bicyclic) bond motifs is 1. The third-order valence-corrected chi connectivity index (χ3v) is 4.14. The van der Waals surface area contributed by atoms with E-state index in [9.17, 15) is 0 Å². The zero-order valence-electron chi connectivity index (χ0n) is 10.6. The van der Waals surface area contributed by atoms with E-state index < -0.39 is 0 Å². The van der Waals surface area contributed by atoms with Gasteiger partial charge in [-0.1, -0.05) is 40.6 Å². The van der Waals surface area contributed by atoms with Gasteiger partial charge in [0.2, 0.25) is 0 Å². The van der Waals surface area contributed by atoms with Gasteiger partial charge in [0.15, 0.2) is 5.13 Å². The Bertz CT molecular complexity index is 509. The minimum Gasteiger partial charge on any atom is -0.383 e. The molecule has 0 radical (unpaired) electrons. The van der Waals surface area contributed by atoms with E-state index in [4.69, 9.17) is 4.74 Å². The Morgan fingerprint density at radius 3 is 3.06 bits per heavy atom. The summed E-state index contributed by atoms with van der Waals surface area (Å²) >= 11 is 5.15. The number of rotatable bonds is 6. The minimum absolute atomic E-state index is 0.337. The summed E-state index contributed by atoms with van der Waals surface area (Å²) in [5.41, 5.74) is 1.03. The van der Waals surface area contributed by atoms with Gasteiger partial charge in [-0.2, -0.15) is 0 Å². The van der Waals surface area contributed by atoms with Crippen molar-refractivity contribution in [1.29, 1.82) is 0 Å². The number of aromatic nitrogens is 1. The molecule has 3 nitrogen and oxygen atoms in total. The molecular weight excluding hydrogens is 312 g/mol. The Kier molecular flexibility index (Phi) is 4.97. The van der Waals surface area contributed by atoms with Crippen molar-refractivity contribution in [1.82, 2.24) is 4.98 Å². The van der Waals surface area contributed by atoms with Crippen molar-refractivity contribution in [3.05, 3.63) is 22.7 Å². The molecule has 2 aromatic rings. The van der Waals surface area contributed by atoms with E-state index in [0.717, 1.165) is 28.0 Å². The summed E-state index contributed by atoms with van der Waals surface area (Å²) in [6.45, 7) is 2.90. The van der Waals surface area contributed by atoms with Crippen LogP contribution in [0.25, 0.3) is 10.2 Å². The molecule has 98 valence electrons. The van der Waals surface area contributed by atoms with Gasteiger partial charge in [0.1, 0.15) is 0 Å². The minimum atomic E-state index is 0.337. The maximum absolute atomic E-state index is 5.23. The number of methoxy groups -OCH3 is 1. The first-order valence-corrected chi connectivity index (χ1v) is 7.65. The van der Waals surface area contributed by atoms with Crippen molar-refractivity contribution >= 4 is 42.6 Å². The number of nitrogens with one attached hydrogen (secondary N) is 1. The smallest absolute Gasteiger partial charge is 0.184 e. The molecule has 0 bridgehead atoms. The Morgan fingerprint density at radius 2 is 2.33 bits per heavy atom. The Hall–Kier alpha value is -0.650. The predicted molar refractivity (Wildman–Crippen MR) is 81.5 cm³/mol. The first-order valence-electron chi connectivity index (χ1n) is 6.04. The van der Waals surface area contributed by atoms with Gasteiger partial charge in [-0.15, -0.1) is 0 Å². The molecule has 1 aromatic heterocycles. The molecule has 0 spiro atoms. The van der Waals surface area contributed by atoms with E-state index in [1.54, 1.807) is 18.4 Å². The summed E-state index contributed by atoms with van der Waals surface area (Å²) in [6, 6.07) is 6.52. The highest BCUT2D eigenvalue weighted by molar-refractivity contribution is 9.10. The molecule has 1 aromatic carbocycles. The maximum Gasteiger partial charge on any atom is 0.184 e. The lowest BCUT2D eigenvalue weighted by atomic mass is 10.2. The first kappa shape index (κ1) is 13.8. The van der Waals surface area contributed by atoms with Crippen LogP contribution in [0, 0.1) is 0 Å². The van der Waals surface area contributed by atoms with Gasteiger partial charge in [-0.3, -0.25) is 0 Å². The number of ether oxygens (including phenoxy) is 1. The van der Waals surface area contributed by atoms with Crippen LogP contribution in [0.5, 0.6) is 0 Å². The van der Waals surface area contributed by atoms with E-state index in [-0.39, 0.29) is 0 Å². The molecule has 5 heteroatoms. The van der Waals surface area contributed by atoms with Crippen molar-refractivity contribution in [2.24, 2.45) is 0 Å². The van der Waals surface area contributed by atoms with Crippen LogP contribution in [0.15, 0.2) is 22.7 Å². The summed E-state index contributed by atoms with van der Waals surface area (Å²) < 4.78 is 7.49. The lowest BCUT2D eigenvalue weighted by Gasteiger charge is -2.15. The second-order valence-corrected chi connectivity index (χ2v) is 6.16. The van der Waals surface area contributed by atoms with Gasteiger partial charge in [-0.05, 0) is 24.6 Å². The van der Waals surface area contributed by atoms with Crippen LogP contribution in [0.3, 0.4) is 0 Å². The second kappa shape index (κ2) is 6.50. The fourth-order valence-electron chi connectivity index (χ4n) is 1.88. The average Bonchev–Trinajstić information content (AvgIpc) is 2.71. The van der Waals surface area contributed by atoms with Crippen molar-refractivity contribution < 1.29 is 4.74 Å². The second-order valence-electron chi connectivity index (χ2n) is 4.22. The van der Waals surface area contributed by atoms with E-state index in [1.165, 1.54) is 4.70 Å². The van der Waals surface area contributed by atoms with Crippen LogP contribution < -0.4 is 5.32 Å². The van der Waals surface area contributed by atoms with Gasteiger partial charge in [0, 0.05) is 11.6 Å².